The van der Waals surface area contributed by atoms with Crippen LogP contribution in [0.5, 0.6) is 0 Å². The van der Waals surface area contributed by atoms with Gasteiger partial charge in [-0.2, -0.15) is 0 Å². The molecule has 0 atom stereocenters. The van der Waals surface area contributed by atoms with Crippen LogP contribution in [-0.4, -0.2) is 80.2 Å². The first-order valence-electron chi connectivity index (χ1n) is 6.19. The zero-order chi connectivity index (χ0) is 22.0. The topological polar surface area (TPSA) is 259 Å². The summed E-state index contributed by atoms with van der Waals surface area (Å²) >= 11 is 0. The molecule has 0 aliphatic rings. The normalized spacial score (nSPS) is 6.68. The van der Waals surface area contributed by atoms with Crippen LogP contribution in [0.1, 0.15) is 27.7 Å². The van der Waals surface area contributed by atoms with Crippen molar-refractivity contribution in [3.63, 3.8) is 0 Å². The van der Waals surface area contributed by atoms with E-state index in [1.165, 1.54) is 0 Å². The predicted octanol–water partition coefficient (Wildman–Crippen LogP) is -1.67. The Balaban J connectivity index is -0.0000000437. The fraction of sp³-hybridized carbons (Fsp3) is 0.583. The number of nitrogens with two attached hydrogens (primary N) is 2. The van der Waals surface area contributed by atoms with Crippen molar-refractivity contribution in [1.82, 2.24) is 0 Å². The van der Waals surface area contributed by atoms with Gasteiger partial charge >= 0.3 is 11.9 Å². The zero-order valence-electron chi connectivity index (χ0n) is 14.5. The molecule has 13 nitrogen and oxygen atoms in total. The largest absolute Gasteiger partial charge is 0.481 e. The van der Waals surface area contributed by atoms with Crippen molar-refractivity contribution in [2.45, 2.75) is 27.7 Å². The van der Waals surface area contributed by atoms with Crippen LogP contribution in [0.4, 0.5) is 0 Å². The number of hydrogen-bond donors (Lipinski definition) is 8. The number of rotatable bonds is 2. The molecule has 0 aromatic heterocycles. The van der Waals surface area contributed by atoms with Gasteiger partial charge in [0.25, 0.3) is 17.9 Å². The Hall–Kier alpha value is -2.77. The van der Waals surface area contributed by atoms with Crippen LogP contribution in [0.3, 0.4) is 0 Å². The van der Waals surface area contributed by atoms with Gasteiger partial charge in [0, 0.05) is 27.4 Å². The van der Waals surface area contributed by atoms with E-state index in [9.17, 15) is 9.59 Å². The van der Waals surface area contributed by atoms with Crippen LogP contribution in [0.2, 0.25) is 0 Å². The lowest BCUT2D eigenvalue weighted by Gasteiger charge is -1.73. The minimum Gasteiger partial charge on any atom is -0.481 e. The first kappa shape index (κ1) is 38.0. The molecule has 0 rings (SSSR count). The van der Waals surface area contributed by atoms with Crippen LogP contribution < -0.4 is 11.5 Å². The van der Waals surface area contributed by atoms with Crippen LogP contribution in [0.15, 0.2) is 0 Å². The molecular formula is C12H28N2O11. The lowest BCUT2D eigenvalue weighted by atomic mass is 10.7. The van der Waals surface area contributed by atoms with E-state index >= 15 is 0 Å². The molecule has 0 saturated carbocycles. The maximum absolute atomic E-state index is 9.24. The van der Waals surface area contributed by atoms with E-state index in [0.717, 1.165) is 20.8 Å². The van der Waals surface area contributed by atoms with Gasteiger partial charge in [0.05, 0.1) is 13.1 Å². The highest BCUT2D eigenvalue weighted by molar-refractivity contribution is 5.68. The highest BCUT2D eigenvalue weighted by Gasteiger charge is 1.81. The van der Waals surface area contributed by atoms with Gasteiger partial charge in [-0.1, -0.05) is 0 Å². The Kier molecular flexibility index (Phi) is 57.0. The number of carboxylic acid groups (broad SMARTS) is 5. The summed E-state index contributed by atoms with van der Waals surface area (Å²) in [5.41, 5.74) is 9.14. The molecule has 25 heavy (non-hydrogen) atoms. The third-order valence-corrected chi connectivity index (χ3v) is 0.349. The van der Waals surface area contributed by atoms with Gasteiger partial charge in [-0.25, -0.2) is 0 Å². The highest BCUT2D eigenvalue weighted by Crippen LogP contribution is 1.44. The molecule has 0 saturated heterocycles. The number of carbonyl (C=O) groups is 5. The fourth-order valence-corrected chi connectivity index (χ4v) is 0. The van der Waals surface area contributed by atoms with E-state index < -0.39 is 29.8 Å². The Morgan fingerprint density at radius 3 is 0.680 bits per heavy atom. The molecule has 0 radical (unpaired) electrons. The van der Waals surface area contributed by atoms with Crippen molar-refractivity contribution < 1.29 is 54.6 Å². The van der Waals surface area contributed by atoms with Gasteiger partial charge in [-0.05, 0) is 6.92 Å². The molecule has 0 spiro atoms. The maximum Gasteiger partial charge on any atom is 0.317 e. The minimum atomic E-state index is -0.968. The fourth-order valence-electron chi connectivity index (χ4n) is 0. The van der Waals surface area contributed by atoms with Crippen molar-refractivity contribution >= 4 is 29.8 Å². The SMILES string of the molecule is CC(=O)O.CC(=O)O.CC(=O)O.CCO.NCC(=O)O.NCC(=O)O. The predicted molar refractivity (Wildman–Crippen MR) is 86.1 cm³/mol. The summed E-state index contributed by atoms with van der Waals surface area (Å²) in [4.78, 5) is 45.5. The van der Waals surface area contributed by atoms with Crippen molar-refractivity contribution in [2.75, 3.05) is 19.7 Å². The number of aliphatic carboxylic acids is 5. The van der Waals surface area contributed by atoms with Crippen LogP contribution >= 0.6 is 0 Å². The molecule has 0 bridgehead atoms. The lowest BCUT2D eigenvalue weighted by molar-refractivity contribution is -0.136. The molecule has 13 heteroatoms. The second kappa shape index (κ2) is 37.5. The molecule has 152 valence electrons. The molecule has 0 unspecified atom stereocenters. The van der Waals surface area contributed by atoms with Gasteiger partial charge in [-0.3, -0.25) is 24.0 Å². The smallest absolute Gasteiger partial charge is 0.317 e. The second-order valence-corrected chi connectivity index (χ2v) is 3.07. The second-order valence-electron chi connectivity index (χ2n) is 3.07. The quantitative estimate of drug-likeness (QED) is 0.268. The number of carboxylic acids is 5. The number of aliphatic hydroxyl groups excluding tert-OH is 1. The van der Waals surface area contributed by atoms with E-state index in [1.807, 2.05) is 0 Å². The monoisotopic (exact) mass is 376 g/mol. The van der Waals surface area contributed by atoms with Gasteiger partial charge in [0.2, 0.25) is 0 Å². The van der Waals surface area contributed by atoms with Crippen molar-refractivity contribution in [3.05, 3.63) is 0 Å². The molecule has 0 amide bonds. The summed E-state index contributed by atoms with van der Waals surface area (Å²) in [6, 6.07) is 0. The summed E-state index contributed by atoms with van der Waals surface area (Å²) in [5, 5.41) is 45.0. The Morgan fingerprint density at radius 2 is 0.680 bits per heavy atom. The standard InChI is InChI=1S/2C2H5NO2.3C2H4O2.C2H6O/c2*3-1-2(4)5;3*1-2(3)4;1-2-3/h2*1,3H2,(H,4,5);3*1H3,(H,3,4);3H,2H2,1H3. The first-order chi connectivity index (χ1) is 11.2. The van der Waals surface area contributed by atoms with E-state index in [0.29, 0.717) is 0 Å². The zero-order valence-corrected chi connectivity index (χ0v) is 14.5. The van der Waals surface area contributed by atoms with Crippen LogP contribution in [0.25, 0.3) is 0 Å². The van der Waals surface area contributed by atoms with Gasteiger partial charge in [-0.15, -0.1) is 0 Å². The van der Waals surface area contributed by atoms with E-state index in [4.69, 9.17) is 45.0 Å². The molecular weight excluding hydrogens is 348 g/mol. The highest BCUT2D eigenvalue weighted by atomic mass is 16.4. The molecule has 0 fully saturated rings. The van der Waals surface area contributed by atoms with Crippen LogP contribution in [-0.2, 0) is 24.0 Å². The van der Waals surface area contributed by atoms with Gasteiger partial charge in [0.15, 0.2) is 0 Å². The average molecular weight is 376 g/mol. The molecule has 10 N–H and O–H groups in total. The van der Waals surface area contributed by atoms with Crippen molar-refractivity contribution in [1.29, 1.82) is 0 Å². The molecule has 0 aliphatic carbocycles. The minimum absolute atomic E-state index is 0.250. The summed E-state index contributed by atoms with van der Waals surface area (Å²) in [6.45, 7) is 4.62. The summed E-state index contributed by atoms with van der Waals surface area (Å²) in [6.07, 6.45) is 0. The Labute approximate surface area is 144 Å². The Bertz CT molecular complexity index is 291. The van der Waals surface area contributed by atoms with Gasteiger partial charge < -0.3 is 42.1 Å². The van der Waals surface area contributed by atoms with E-state index in [-0.39, 0.29) is 19.7 Å². The summed E-state index contributed by atoms with van der Waals surface area (Å²) in [5.74, 6) is -4.44. The Morgan fingerprint density at radius 1 is 0.640 bits per heavy atom. The van der Waals surface area contributed by atoms with Gasteiger partial charge in [0.1, 0.15) is 0 Å². The van der Waals surface area contributed by atoms with E-state index in [1.54, 1.807) is 6.92 Å². The number of hydrogen-bond acceptors (Lipinski definition) is 8. The number of aliphatic hydroxyl groups is 1. The molecule has 0 aliphatic heterocycles. The third-order valence-electron chi connectivity index (χ3n) is 0.349. The molecule has 0 aromatic carbocycles. The van der Waals surface area contributed by atoms with Crippen molar-refractivity contribution in [2.24, 2.45) is 11.5 Å². The molecule has 0 aromatic rings. The summed E-state index contributed by atoms with van der Waals surface area (Å²) in [7, 11) is 0. The maximum atomic E-state index is 9.24. The molecule has 0 heterocycles. The first-order valence-corrected chi connectivity index (χ1v) is 6.19. The average Bonchev–Trinajstić information content (AvgIpc) is 2.38. The third kappa shape index (κ3) is 5190. The van der Waals surface area contributed by atoms with Crippen molar-refractivity contribution in [3.8, 4) is 0 Å². The van der Waals surface area contributed by atoms with E-state index in [2.05, 4.69) is 11.5 Å². The van der Waals surface area contributed by atoms with Crippen LogP contribution in [0, 0.1) is 0 Å². The summed E-state index contributed by atoms with van der Waals surface area (Å²) < 4.78 is 0. The lowest BCUT2D eigenvalue weighted by Crippen LogP contribution is -2.10.